The molecule has 2 aliphatic rings. The summed E-state index contributed by atoms with van der Waals surface area (Å²) in [5.41, 5.74) is 8.87. The molecule has 0 radical (unpaired) electrons. The number of anilines is 2. The minimum atomic E-state index is -0.738. The van der Waals surface area contributed by atoms with Crippen LogP contribution in [0.25, 0.3) is 5.69 Å². The number of rotatable bonds is 4. The molecule has 2 aliphatic heterocycles. The molecular weight excluding hydrogens is 425 g/mol. The van der Waals surface area contributed by atoms with E-state index in [1.54, 1.807) is 15.9 Å². The number of benzene rings is 2. The van der Waals surface area contributed by atoms with Gasteiger partial charge < -0.3 is 15.5 Å². The van der Waals surface area contributed by atoms with Crippen LogP contribution in [0.5, 0.6) is 0 Å². The van der Waals surface area contributed by atoms with E-state index in [0.717, 1.165) is 17.7 Å². The number of fused-ring (bicyclic) bond motifs is 1. The number of hydrogen-bond acceptors (Lipinski definition) is 4. The van der Waals surface area contributed by atoms with E-state index >= 15 is 0 Å². The number of hydrogen-bond donors (Lipinski definition) is 1. The van der Waals surface area contributed by atoms with E-state index in [2.05, 4.69) is 5.10 Å². The maximum Gasteiger partial charge on any atom is 0.277 e. The summed E-state index contributed by atoms with van der Waals surface area (Å²) in [4.78, 5) is 41.1. The standard InChI is InChI=1S/C24H22FN5O3/c1-14-12-16(28-10-3-6-20(28)31)7-8-19(14)29-11-9-18-21(23(26)32)27-30(22(18)24(29)33)17-5-2-4-15(25)13-17/h2,4-5,7-8,12-13H,3,6,9-11H2,1H3,(H2,26,32). The van der Waals surface area contributed by atoms with Crippen LogP contribution in [0.4, 0.5) is 15.8 Å². The maximum absolute atomic E-state index is 13.9. The smallest absolute Gasteiger partial charge is 0.277 e. The summed E-state index contributed by atoms with van der Waals surface area (Å²) >= 11 is 0. The van der Waals surface area contributed by atoms with E-state index in [4.69, 9.17) is 5.73 Å². The number of nitrogens with two attached hydrogens (primary N) is 1. The van der Waals surface area contributed by atoms with Crippen LogP contribution in [0.3, 0.4) is 0 Å². The molecule has 168 valence electrons. The monoisotopic (exact) mass is 447 g/mol. The molecule has 8 nitrogen and oxygen atoms in total. The van der Waals surface area contributed by atoms with Gasteiger partial charge in [-0.15, -0.1) is 0 Å². The Balaban J connectivity index is 1.56. The first kappa shape index (κ1) is 20.9. The highest BCUT2D eigenvalue weighted by molar-refractivity contribution is 6.10. The summed E-state index contributed by atoms with van der Waals surface area (Å²) in [6.07, 6.45) is 1.75. The summed E-state index contributed by atoms with van der Waals surface area (Å²) < 4.78 is 15.2. The molecule has 3 aromatic rings. The van der Waals surface area contributed by atoms with Crippen LogP contribution in [-0.4, -0.2) is 40.6 Å². The molecule has 5 rings (SSSR count). The van der Waals surface area contributed by atoms with Gasteiger partial charge in [-0.2, -0.15) is 5.10 Å². The zero-order valence-corrected chi connectivity index (χ0v) is 18.0. The Morgan fingerprint density at radius 1 is 1.03 bits per heavy atom. The third kappa shape index (κ3) is 3.45. The van der Waals surface area contributed by atoms with E-state index in [1.807, 2.05) is 25.1 Å². The van der Waals surface area contributed by atoms with Crippen molar-refractivity contribution in [2.75, 3.05) is 22.9 Å². The van der Waals surface area contributed by atoms with Gasteiger partial charge in [0.2, 0.25) is 5.91 Å². The number of nitrogens with zero attached hydrogens (tertiary/aromatic N) is 4. The fourth-order valence-electron chi connectivity index (χ4n) is 4.61. The molecule has 3 amide bonds. The Labute approximate surface area is 189 Å². The van der Waals surface area contributed by atoms with Crippen LogP contribution < -0.4 is 15.5 Å². The molecule has 1 saturated heterocycles. The van der Waals surface area contributed by atoms with Crippen molar-refractivity contribution in [2.24, 2.45) is 5.73 Å². The lowest BCUT2D eigenvalue weighted by atomic mass is 10.0. The minimum Gasteiger partial charge on any atom is -0.364 e. The molecule has 9 heteroatoms. The van der Waals surface area contributed by atoms with Crippen molar-refractivity contribution < 1.29 is 18.8 Å². The van der Waals surface area contributed by atoms with Gasteiger partial charge in [-0.25, -0.2) is 9.07 Å². The molecule has 0 unspecified atom stereocenters. The van der Waals surface area contributed by atoms with E-state index in [1.165, 1.54) is 22.9 Å². The predicted octanol–water partition coefficient (Wildman–Crippen LogP) is 2.75. The lowest BCUT2D eigenvalue weighted by Crippen LogP contribution is -2.39. The summed E-state index contributed by atoms with van der Waals surface area (Å²) in [6.45, 7) is 2.91. The van der Waals surface area contributed by atoms with Crippen LogP contribution in [0.2, 0.25) is 0 Å². The Bertz CT molecular complexity index is 1320. The fraction of sp³-hybridized carbons (Fsp3) is 0.250. The molecule has 33 heavy (non-hydrogen) atoms. The lowest BCUT2D eigenvalue weighted by Gasteiger charge is -2.29. The van der Waals surface area contributed by atoms with Gasteiger partial charge in [0, 0.05) is 36.4 Å². The van der Waals surface area contributed by atoms with Crippen LogP contribution in [0.15, 0.2) is 42.5 Å². The molecule has 0 bridgehead atoms. The van der Waals surface area contributed by atoms with Crippen LogP contribution in [-0.2, 0) is 11.2 Å². The molecule has 0 aliphatic carbocycles. The van der Waals surface area contributed by atoms with Gasteiger partial charge in [0.1, 0.15) is 11.5 Å². The molecular formula is C24H22FN5O3. The number of carbonyl (C=O) groups excluding carboxylic acids is 3. The predicted molar refractivity (Wildman–Crippen MR) is 120 cm³/mol. The lowest BCUT2D eigenvalue weighted by molar-refractivity contribution is -0.117. The molecule has 0 spiro atoms. The summed E-state index contributed by atoms with van der Waals surface area (Å²) in [6, 6.07) is 11.2. The molecule has 3 heterocycles. The van der Waals surface area contributed by atoms with Gasteiger partial charge in [-0.1, -0.05) is 6.07 Å². The number of primary amides is 1. The van der Waals surface area contributed by atoms with E-state index < -0.39 is 11.7 Å². The minimum absolute atomic E-state index is 0.0156. The fourth-order valence-corrected chi connectivity index (χ4v) is 4.61. The summed E-state index contributed by atoms with van der Waals surface area (Å²) in [5.74, 6) is -1.48. The van der Waals surface area contributed by atoms with Crippen molar-refractivity contribution in [1.29, 1.82) is 0 Å². The number of aryl methyl sites for hydroxylation is 1. The van der Waals surface area contributed by atoms with Gasteiger partial charge in [-0.05, 0) is 61.7 Å². The summed E-state index contributed by atoms with van der Waals surface area (Å²) in [5, 5.41) is 4.26. The van der Waals surface area contributed by atoms with E-state index in [0.29, 0.717) is 42.9 Å². The quantitative estimate of drug-likeness (QED) is 0.664. The van der Waals surface area contributed by atoms with Crippen LogP contribution in [0, 0.1) is 12.7 Å². The normalized spacial score (nSPS) is 15.8. The first-order valence-electron chi connectivity index (χ1n) is 10.8. The number of halogens is 1. The van der Waals surface area contributed by atoms with Crippen molar-refractivity contribution in [3.63, 3.8) is 0 Å². The highest BCUT2D eigenvalue weighted by atomic mass is 19.1. The number of amides is 3. The Morgan fingerprint density at radius 2 is 1.85 bits per heavy atom. The van der Waals surface area contributed by atoms with E-state index in [9.17, 15) is 18.8 Å². The molecule has 2 N–H and O–H groups in total. The first-order chi connectivity index (χ1) is 15.8. The van der Waals surface area contributed by atoms with Gasteiger partial charge in [0.15, 0.2) is 5.69 Å². The Morgan fingerprint density at radius 3 is 2.52 bits per heavy atom. The molecule has 0 atom stereocenters. The summed E-state index contributed by atoms with van der Waals surface area (Å²) in [7, 11) is 0. The molecule has 0 saturated carbocycles. The number of carbonyl (C=O) groups is 3. The second-order valence-electron chi connectivity index (χ2n) is 8.26. The van der Waals surface area contributed by atoms with Crippen molar-refractivity contribution in [3.05, 3.63) is 70.8 Å². The second kappa shape index (κ2) is 7.84. The largest absolute Gasteiger partial charge is 0.364 e. The Kier molecular flexibility index (Phi) is 4.96. The molecule has 1 fully saturated rings. The third-order valence-electron chi connectivity index (χ3n) is 6.16. The molecule has 2 aromatic carbocycles. The highest BCUT2D eigenvalue weighted by Gasteiger charge is 2.35. The van der Waals surface area contributed by atoms with Gasteiger partial charge in [0.05, 0.1) is 5.69 Å². The molecule has 1 aromatic heterocycles. The van der Waals surface area contributed by atoms with Gasteiger partial charge in [-0.3, -0.25) is 14.4 Å². The topological polar surface area (TPSA) is 102 Å². The van der Waals surface area contributed by atoms with Crippen LogP contribution in [0.1, 0.15) is 44.9 Å². The average Bonchev–Trinajstić information content (AvgIpc) is 3.39. The van der Waals surface area contributed by atoms with E-state index in [-0.39, 0.29) is 23.2 Å². The highest BCUT2D eigenvalue weighted by Crippen LogP contribution is 2.33. The first-order valence-corrected chi connectivity index (χ1v) is 10.8. The van der Waals surface area contributed by atoms with Crippen molar-refractivity contribution in [3.8, 4) is 5.69 Å². The third-order valence-corrected chi connectivity index (χ3v) is 6.16. The zero-order valence-electron chi connectivity index (χ0n) is 18.0. The average molecular weight is 447 g/mol. The zero-order chi connectivity index (χ0) is 23.3. The van der Waals surface area contributed by atoms with Crippen molar-refractivity contribution >= 4 is 29.1 Å². The maximum atomic E-state index is 13.9. The van der Waals surface area contributed by atoms with Gasteiger partial charge in [0.25, 0.3) is 11.8 Å². The van der Waals surface area contributed by atoms with Gasteiger partial charge >= 0.3 is 0 Å². The SMILES string of the molecule is Cc1cc(N2CCCC2=O)ccc1N1CCc2c(C(N)=O)nn(-c3cccc(F)c3)c2C1=O. The van der Waals surface area contributed by atoms with Crippen molar-refractivity contribution in [2.45, 2.75) is 26.2 Å². The second-order valence-corrected chi connectivity index (χ2v) is 8.26. The van der Waals surface area contributed by atoms with Crippen LogP contribution >= 0.6 is 0 Å². The Hall–Kier alpha value is -4.01. The number of aromatic nitrogens is 2. The van der Waals surface area contributed by atoms with Crippen molar-refractivity contribution in [1.82, 2.24) is 9.78 Å².